The Morgan fingerprint density at radius 3 is 2.62 bits per heavy atom. The van der Waals surface area contributed by atoms with E-state index in [9.17, 15) is 13.2 Å². The van der Waals surface area contributed by atoms with Crippen LogP contribution in [0.2, 0.25) is 0 Å². The second kappa shape index (κ2) is 7.18. The number of nitrogens with one attached hydrogen (secondary N) is 1. The van der Waals surface area contributed by atoms with Crippen LogP contribution in [0.25, 0.3) is 0 Å². The highest BCUT2D eigenvalue weighted by atomic mass is 35.5. The lowest BCUT2D eigenvalue weighted by molar-refractivity contribution is 0.0973. The molecule has 9 heteroatoms. The van der Waals surface area contributed by atoms with Gasteiger partial charge in [-0.2, -0.15) is 12.7 Å². The van der Waals surface area contributed by atoms with Gasteiger partial charge in [0, 0.05) is 29.9 Å². The summed E-state index contributed by atoms with van der Waals surface area (Å²) >= 11 is 6.81. The third kappa shape index (κ3) is 3.55. The van der Waals surface area contributed by atoms with E-state index in [2.05, 4.69) is 0 Å². The van der Waals surface area contributed by atoms with Crippen LogP contribution in [0.5, 0.6) is 5.75 Å². The number of nitrogens with zero attached hydrogens (tertiary/aromatic N) is 1. The maximum absolute atomic E-state index is 15.0. The van der Waals surface area contributed by atoms with E-state index in [0.29, 0.717) is 24.8 Å². The predicted octanol–water partition coefficient (Wildman–Crippen LogP) is 4.22. The number of hydrogen-bond acceptors (Lipinski definition) is 4. The molecule has 0 radical (unpaired) electrons. The number of carbonyl (C=O) groups is 1. The molecule has 1 heterocycles. The van der Waals surface area contributed by atoms with Gasteiger partial charge in [0.2, 0.25) is 0 Å². The van der Waals surface area contributed by atoms with Crippen molar-refractivity contribution in [2.45, 2.75) is 62.2 Å². The minimum atomic E-state index is -3.94. The normalized spacial score (nSPS) is 31.6. The smallest absolute Gasteiger partial charge is 0.304 e. The van der Waals surface area contributed by atoms with Crippen LogP contribution >= 0.6 is 11.6 Å². The van der Waals surface area contributed by atoms with Gasteiger partial charge in [0.25, 0.3) is 5.91 Å². The first-order chi connectivity index (χ1) is 15.2. The van der Waals surface area contributed by atoms with Gasteiger partial charge in [0.05, 0.1) is 5.56 Å². The number of halogens is 2. The first-order valence-electron chi connectivity index (χ1n) is 11.5. The number of allylic oxidation sites excluding steroid dienone is 2. The van der Waals surface area contributed by atoms with Gasteiger partial charge in [-0.3, -0.25) is 4.79 Å². The molecule has 0 aromatic heterocycles. The Morgan fingerprint density at radius 2 is 2.00 bits per heavy atom. The van der Waals surface area contributed by atoms with Gasteiger partial charge in [0.15, 0.2) is 0 Å². The van der Waals surface area contributed by atoms with Crippen molar-refractivity contribution in [3.8, 4) is 5.75 Å². The zero-order valence-corrected chi connectivity index (χ0v) is 19.3. The van der Waals surface area contributed by atoms with E-state index in [4.69, 9.17) is 16.3 Å². The van der Waals surface area contributed by atoms with Crippen LogP contribution in [0.4, 0.5) is 4.39 Å². The van der Waals surface area contributed by atoms with Gasteiger partial charge >= 0.3 is 10.2 Å². The maximum atomic E-state index is 15.0. The van der Waals surface area contributed by atoms with Gasteiger partial charge in [-0.05, 0) is 80.4 Å². The average Bonchev–Trinajstić information content (AvgIpc) is 3.46. The van der Waals surface area contributed by atoms with Crippen LogP contribution in [0.1, 0.15) is 73.2 Å². The highest BCUT2D eigenvalue weighted by Gasteiger charge is 2.50. The molecule has 3 atom stereocenters. The third-order valence-corrected chi connectivity index (χ3v) is 9.56. The summed E-state index contributed by atoms with van der Waals surface area (Å²) in [4.78, 5) is 12.5. The number of carbonyl (C=O) groups excluding carboxylic acids is 1. The average molecular weight is 481 g/mol. The summed E-state index contributed by atoms with van der Waals surface area (Å²) < 4.78 is 49.1. The lowest BCUT2D eigenvalue weighted by atomic mass is 9.60. The Balaban J connectivity index is 1.30. The molecular formula is C23H26ClFN2O4S. The van der Waals surface area contributed by atoms with E-state index in [1.165, 1.54) is 22.0 Å². The number of alkyl halides is 1. The molecule has 1 aromatic carbocycles. The van der Waals surface area contributed by atoms with Crippen molar-refractivity contribution < 1.29 is 22.3 Å². The highest BCUT2D eigenvalue weighted by molar-refractivity contribution is 7.87. The van der Waals surface area contributed by atoms with E-state index in [1.807, 2.05) is 4.72 Å². The largest absolute Gasteiger partial charge is 0.461 e. The molecule has 32 heavy (non-hydrogen) atoms. The molecule has 6 aliphatic rings. The zero-order valence-electron chi connectivity index (χ0n) is 17.7. The Labute approximate surface area is 192 Å². The Kier molecular flexibility index (Phi) is 4.69. The molecule has 4 fully saturated rings. The second-order valence-electron chi connectivity index (χ2n) is 10.1. The molecule has 5 aliphatic carbocycles. The van der Waals surface area contributed by atoms with Crippen molar-refractivity contribution in [2.24, 2.45) is 11.8 Å². The second-order valence-corrected chi connectivity index (χ2v) is 12.6. The van der Waals surface area contributed by atoms with Crippen LogP contribution in [0.15, 0.2) is 23.5 Å². The van der Waals surface area contributed by atoms with Gasteiger partial charge in [-0.25, -0.2) is 9.11 Å². The fourth-order valence-corrected chi connectivity index (χ4v) is 7.75. The lowest BCUT2D eigenvalue weighted by Crippen LogP contribution is -2.49. The van der Waals surface area contributed by atoms with Gasteiger partial charge in [0.1, 0.15) is 17.3 Å². The van der Waals surface area contributed by atoms with Crippen LogP contribution in [-0.4, -0.2) is 36.6 Å². The molecule has 3 saturated carbocycles. The zero-order chi connectivity index (χ0) is 22.3. The quantitative estimate of drug-likeness (QED) is 0.618. The summed E-state index contributed by atoms with van der Waals surface area (Å²) in [5.41, 5.74) is 1.77. The van der Waals surface area contributed by atoms with E-state index in [-0.39, 0.29) is 22.3 Å². The summed E-state index contributed by atoms with van der Waals surface area (Å²) in [6, 6.07) is 2.74. The number of hydrogen-bond donors (Lipinski definition) is 1. The fraction of sp³-hybridized carbons (Fsp3) is 0.609. The maximum Gasteiger partial charge on any atom is 0.304 e. The molecular weight excluding hydrogens is 455 g/mol. The molecule has 6 nitrogen and oxygen atoms in total. The van der Waals surface area contributed by atoms with Crippen molar-refractivity contribution in [3.05, 3.63) is 40.4 Å². The summed E-state index contributed by atoms with van der Waals surface area (Å²) in [5.74, 6) is 0.755. The first kappa shape index (κ1) is 20.9. The van der Waals surface area contributed by atoms with Crippen molar-refractivity contribution in [2.75, 3.05) is 13.1 Å². The topological polar surface area (TPSA) is 75.7 Å². The molecule has 1 aromatic rings. The minimum Gasteiger partial charge on any atom is -0.461 e. The van der Waals surface area contributed by atoms with Crippen molar-refractivity contribution >= 4 is 27.7 Å². The Bertz CT molecular complexity index is 1140. The van der Waals surface area contributed by atoms with Gasteiger partial charge < -0.3 is 4.74 Å². The van der Waals surface area contributed by atoms with Crippen LogP contribution in [0.3, 0.4) is 0 Å². The van der Waals surface area contributed by atoms with E-state index >= 15 is 4.39 Å². The standard InChI is InChI=1S/C23H26ClFN2O4S/c24-23-10-13-6-15(11-23)21(16(7-13)12-23)31-20-9-19(25)18(8-17(20)14-2-3-14)22(28)26-32(29,30)27-4-1-5-27/h8-9,13-15H,1-7,10-12H2,(H,26,28). The highest BCUT2D eigenvalue weighted by Crippen LogP contribution is 2.58. The van der Waals surface area contributed by atoms with Gasteiger partial charge in [-0.1, -0.05) is 0 Å². The van der Waals surface area contributed by atoms with Crippen molar-refractivity contribution in [1.29, 1.82) is 0 Å². The summed E-state index contributed by atoms with van der Waals surface area (Å²) in [7, 11) is -3.94. The monoisotopic (exact) mass is 480 g/mol. The minimum absolute atomic E-state index is 0.150. The third-order valence-electron chi connectivity index (χ3n) is 7.63. The molecule has 1 N–H and O–H groups in total. The number of rotatable bonds is 6. The Hall–Kier alpha value is -1.64. The summed E-state index contributed by atoms with van der Waals surface area (Å²) in [6.45, 7) is 0.739. The molecule has 3 unspecified atom stereocenters. The molecule has 1 aliphatic heterocycles. The predicted molar refractivity (Wildman–Crippen MR) is 117 cm³/mol. The van der Waals surface area contributed by atoms with Crippen LogP contribution < -0.4 is 9.46 Å². The first-order valence-corrected chi connectivity index (χ1v) is 13.3. The summed E-state index contributed by atoms with van der Waals surface area (Å²) in [6.07, 6.45) is 7.47. The molecule has 172 valence electrons. The number of benzene rings is 1. The molecule has 0 spiro atoms. The molecule has 7 rings (SSSR count). The molecule has 1 amide bonds. The van der Waals surface area contributed by atoms with Crippen LogP contribution in [0, 0.1) is 17.7 Å². The Morgan fingerprint density at radius 1 is 1.22 bits per heavy atom. The van der Waals surface area contributed by atoms with Crippen molar-refractivity contribution in [3.63, 3.8) is 0 Å². The van der Waals surface area contributed by atoms with Crippen molar-refractivity contribution in [1.82, 2.24) is 9.03 Å². The summed E-state index contributed by atoms with van der Waals surface area (Å²) in [5, 5.41) is 0. The van der Waals surface area contributed by atoms with E-state index < -0.39 is 21.9 Å². The lowest BCUT2D eigenvalue weighted by Gasteiger charge is -2.51. The number of ether oxygens (including phenoxy) is 1. The SMILES string of the molecule is O=C(NS(=O)(=O)N1CCC1)c1cc(C2CC2)c(OC2=C3CC4CC2CC(Cl)(C3)C4)cc1F. The fourth-order valence-electron chi connectivity index (χ4n) is 5.98. The van der Waals surface area contributed by atoms with E-state index in [1.54, 1.807) is 0 Å². The van der Waals surface area contributed by atoms with Gasteiger partial charge in [-0.15, -0.1) is 11.6 Å². The molecule has 1 saturated heterocycles. The van der Waals surface area contributed by atoms with Crippen LogP contribution in [-0.2, 0) is 10.2 Å². The number of amides is 1. The van der Waals surface area contributed by atoms with E-state index in [0.717, 1.165) is 62.7 Å². The molecule has 4 bridgehead atoms.